The Bertz CT molecular complexity index is 329. The summed E-state index contributed by atoms with van der Waals surface area (Å²) in [4.78, 5) is 11.9. The van der Waals surface area contributed by atoms with Crippen LogP contribution in [0.1, 0.15) is 52.4 Å². The van der Waals surface area contributed by atoms with Crippen molar-refractivity contribution in [1.29, 1.82) is 0 Å². The van der Waals surface area contributed by atoms with E-state index in [4.69, 9.17) is 0 Å². The van der Waals surface area contributed by atoms with Crippen LogP contribution in [0.25, 0.3) is 0 Å². The topological polar surface area (TPSA) is 17.1 Å². The highest BCUT2D eigenvalue weighted by molar-refractivity contribution is 5.84. The molecule has 2 aliphatic carbocycles. The molecule has 94 valence electrons. The Hall–Kier alpha value is -0.850. The molecule has 1 nitrogen and oxygen atoms in total. The number of Topliss-reactive ketones (excluding diaryl/α,β-unsaturated/α-hetero) is 1. The summed E-state index contributed by atoms with van der Waals surface area (Å²) >= 11 is 0. The van der Waals surface area contributed by atoms with Crippen molar-refractivity contribution in [3.05, 3.63) is 23.8 Å². The van der Waals surface area contributed by atoms with E-state index in [-0.39, 0.29) is 11.8 Å². The SMILES string of the molecule is CC(C)C(=O)C1C=CC(C2CCCCC2)=CC1. The summed E-state index contributed by atoms with van der Waals surface area (Å²) in [6.45, 7) is 3.99. The summed E-state index contributed by atoms with van der Waals surface area (Å²) < 4.78 is 0. The molecule has 0 spiro atoms. The molecule has 2 rings (SSSR count). The average molecular weight is 232 g/mol. The van der Waals surface area contributed by atoms with Crippen molar-refractivity contribution < 1.29 is 4.79 Å². The molecular weight excluding hydrogens is 208 g/mol. The van der Waals surface area contributed by atoms with Gasteiger partial charge in [-0.3, -0.25) is 4.79 Å². The molecule has 0 bridgehead atoms. The van der Waals surface area contributed by atoms with E-state index in [0.717, 1.165) is 12.3 Å². The van der Waals surface area contributed by atoms with Crippen molar-refractivity contribution in [2.75, 3.05) is 0 Å². The third-order valence-electron chi connectivity index (χ3n) is 4.14. The molecule has 0 heterocycles. The molecule has 0 aliphatic heterocycles. The smallest absolute Gasteiger partial charge is 0.142 e. The van der Waals surface area contributed by atoms with Gasteiger partial charge in [0.05, 0.1) is 0 Å². The van der Waals surface area contributed by atoms with E-state index in [1.165, 1.54) is 37.7 Å². The fraction of sp³-hybridized carbons (Fsp3) is 0.688. The maximum atomic E-state index is 11.9. The number of hydrogen-bond donors (Lipinski definition) is 0. The first-order chi connectivity index (χ1) is 8.18. The van der Waals surface area contributed by atoms with E-state index in [1.807, 2.05) is 13.8 Å². The van der Waals surface area contributed by atoms with Crippen LogP contribution in [-0.2, 0) is 4.79 Å². The van der Waals surface area contributed by atoms with Gasteiger partial charge in [-0.25, -0.2) is 0 Å². The summed E-state index contributed by atoms with van der Waals surface area (Å²) in [6.07, 6.45) is 14.5. The molecule has 0 aromatic heterocycles. The van der Waals surface area contributed by atoms with Gasteiger partial charge >= 0.3 is 0 Å². The Morgan fingerprint density at radius 2 is 1.94 bits per heavy atom. The molecule has 1 unspecified atom stereocenters. The van der Waals surface area contributed by atoms with Crippen LogP contribution in [0.15, 0.2) is 23.8 Å². The first-order valence-corrected chi connectivity index (χ1v) is 7.10. The summed E-state index contributed by atoms with van der Waals surface area (Å²) in [6, 6.07) is 0. The molecule has 0 aromatic carbocycles. The van der Waals surface area contributed by atoms with Crippen LogP contribution in [0.3, 0.4) is 0 Å². The third-order valence-corrected chi connectivity index (χ3v) is 4.14. The Balaban J connectivity index is 1.93. The Kier molecular flexibility index (Phi) is 4.20. The maximum absolute atomic E-state index is 11.9. The van der Waals surface area contributed by atoms with E-state index in [0.29, 0.717) is 5.78 Å². The minimum absolute atomic E-state index is 0.141. The minimum Gasteiger partial charge on any atom is -0.299 e. The predicted molar refractivity (Wildman–Crippen MR) is 71.8 cm³/mol. The van der Waals surface area contributed by atoms with Crippen molar-refractivity contribution >= 4 is 5.78 Å². The molecule has 0 N–H and O–H groups in total. The lowest BCUT2D eigenvalue weighted by Crippen LogP contribution is -2.20. The van der Waals surface area contributed by atoms with Gasteiger partial charge in [0, 0.05) is 11.8 Å². The molecule has 0 aromatic rings. The van der Waals surface area contributed by atoms with Crippen LogP contribution >= 0.6 is 0 Å². The van der Waals surface area contributed by atoms with Crippen LogP contribution in [0.4, 0.5) is 0 Å². The standard InChI is InChI=1S/C16H24O/c1-12(2)16(17)15-10-8-14(9-11-15)13-6-4-3-5-7-13/h8-10,12-13,15H,3-7,11H2,1-2H3. The molecule has 17 heavy (non-hydrogen) atoms. The van der Waals surface area contributed by atoms with E-state index in [9.17, 15) is 4.79 Å². The molecule has 2 aliphatic rings. The number of hydrogen-bond acceptors (Lipinski definition) is 1. The Morgan fingerprint density at radius 3 is 2.47 bits per heavy atom. The lowest BCUT2D eigenvalue weighted by Gasteiger charge is -2.26. The summed E-state index contributed by atoms with van der Waals surface area (Å²) in [7, 11) is 0. The highest BCUT2D eigenvalue weighted by Gasteiger charge is 2.23. The van der Waals surface area contributed by atoms with E-state index in [1.54, 1.807) is 0 Å². The molecule has 0 amide bonds. The predicted octanol–water partition coefficient (Wildman–Crippen LogP) is 4.29. The maximum Gasteiger partial charge on any atom is 0.142 e. The molecule has 0 saturated heterocycles. The Labute approximate surface area is 105 Å². The third kappa shape index (κ3) is 3.08. The van der Waals surface area contributed by atoms with Crippen LogP contribution in [0, 0.1) is 17.8 Å². The van der Waals surface area contributed by atoms with Crippen molar-refractivity contribution in [2.45, 2.75) is 52.4 Å². The summed E-state index contributed by atoms with van der Waals surface area (Å²) in [5.41, 5.74) is 1.50. The van der Waals surface area contributed by atoms with Gasteiger partial charge in [-0.1, -0.05) is 51.3 Å². The van der Waals surface area contributed by atoms with Gasteiger partial charge in [0.2, 0.25) is 0 Å². The van der Waals surface area contributed by atoms with E-state index in [2.05, 4.69) is 18.2 Å². The van der Waals surface area contributed by atoms with Crippen LogP contribution in [-0.4, -0.2) is 5.78 Å². The molecular formula is C16H24O. The monoisotopic (exact) mass is 232 g/mol. The van der Waals surface area contributed by atoms with Crippen LogP contribution in [0.5, 0.6) is 0 Å². The largest absolute Gasteiger partial charge is 0.299 e. The van der Waals surface area contributed by atoms with Gasteiger partial charge in [0.15, 0.2) is 0 Å². The van der Waals surface area contributed by atoms with Crippen LogP contribution in [0.2, 0.25) is 0 Å². The highest BCUT2D eigenvalue weighted by Crippen LogP contribution is 2.33. The quantitative estimate of drug-likeness (QED) is 0.709. The second kappa shape index (κ2) is 5.66. The van der Waals surface area contributed by atoms with Crippen LogP contribution < -0.4 is 0 Å². The summed E-state index contributed by atoms with van der Waals surface area (Å²) in [5, 5.41) is 0. The van der Waals surface area contributed by atoms with Crippen molar-refractivity contribution in [3.8, 4) is 0 Å². The molecule has 1 fully saturated rings. The van der Waals surface area contributed by atoms with Gasteiger partial charge in [0.1, 0.15) is 5.78 Å². The normalized spacial score (nSPS) is 26.1. The van der Waals surface area contributed by atoms with E-state index < -0.39 is 0 Å². The van der Waals surface area contributed by atoms with Gasteiger partial charge in [-0.15, -0.1) is 0 Å². The first kappa shape index (κ1) is 12.6. The minimum atomic E-state index is 0.141. The van der Waals surface area contributed by atoms with Gasteiger partial charge < -0.3 is 0 Å². The second-order valence-electron chi connectivity index (χ2n) is 5.80. The molecule has 1 atom stereocenters. The second-order valence-corrected chi connectivity index (χ2v) is 5.80. The number of rotatable bonds is 3. The number of carbonyl (C=O) groups is 1. The van der Waals surface area contributed by atoms with Crippen molar-refractivity contribution in [1.82, 2.24) is 0 Å². The zero-order valence-electron chi connectivity index (χ0n) is 11.1. The number of ketones is 1. The average Bonchev–Trinajstić information content (AvgIpc) is 2.39. The van der Waals surface area contributed by atoms with Gasteiger partial charge in [0.25, 0.3) is 0 Å². The fourth-order valence-electron chi connectivity index (χ4n) is 3.01. The lowest BCUT2D eigenvalue weighted by molar-refractivity contribution is -0.124. The van der Waals surface area contributed by atoms with E-state index >= 15 is 0 Å². The van der Waals surface area contributed by atoms with Crippen molar-refractivity contribution in [3.63, 3.8) is 0 Å². The molecule has 1 saturated carbocycles. The van der Waals surface area contributed by atoms with Gasteiger partial charge in [-0.2, -0.15) is 0 Å². The molecule has 0 radical (unpaired) electrons. The lowest BCUT2D eigenvalue weighted by atomic mass is 9.79. The zero-order valence-corrected chi connectivity index (χ0v) is 11.1. The summed E-state index contributed by atoms with van der Waals surface area (Å²) in [5.74, 6) is 1.46. The first-order valence-electron chi connectivity index (χ1n) is 7.10. The fourth-order valence-corrected chi connectivity index (χ4v) is 3.01. The molecule has 1 heteroatoms. The number of carbonyl (C=O) groups excluding carboxylic acids is 1. The van der Waals surface area contributed by atoms with Crippen molar-refractivity contribution in [2.24, 2.45) is 17.8 Å². The zero-order chi connectivity index (χ0) is 12.3. The highest BCUT2D eigenvalue weighted by atomic mass is 16.1. The Morgan fingerprint density at radius 1 is 1.24 bits per heavy atom. The van der Waals surface area contributed by atoms with Gasteiger partial charge in [-0.05, 0) is 30.8 Å². The number of allylic oxidation sites excluding steroid dienone is 4.